The first-order valence-electron chi connectivity index (χ1n) is 8.10. The molecular weight excluding hydrogens is 328 g/mol. The summed E-state index contributed by atoms with van der Waals surface area (Å²) in [7, 11) is 0. The van der Waals surface area contributed by atoms with Gasteiger partial charge in [0.15, 0.2) is 0 Å². The number of benzene rings is 3. The van der Waals surface area contributed by atoms with Gasteiger partial charge in [-0.1, -0.05) is 36.4 Å². The Morgan fingerprint density at radius 3 is 2.62 bits per heavy atom. The first kappa shape index (κ1) is 15.8. The zero-order valence-electron chi connectivity index (χ0n) is 13.8. The molecule has 3 aromatic carbocycles. The van der Waals surface area contributed by atoms with Gasteiger partial charge in [0, 0.05) is 22.3 Å². The molecule has 0 aliphatic heterocycles. The van der Waals surface area contributed by atoms with Crippen molar-refractivity contribution < 1.29 is 4.79 Å². The summed E-state index contributed by atoms with van der Waals surface area (Å²) in [5.74, 6) is 0.227. The molecule has 1 heterocycles. The minimum absolute atomic E-state index is 0.0226. The highest BCUT2D eigenvalue weighted by molar-refractivity contribution is 6.01. The number of carbonyl (C=O) groups excluding carboxylic acids is 1. The topological polar surface area (TPSA) is 98.7 Å². The fraction of sp³-hybridized carbons (Fsp3) is 0.0526. The summed E-state index contributed by atoms with van der Waals surface area (Å²) in [4.78, 5) is 13.6. The minimum Gasteiger partial charge on any atom is -0.399 e. The Labute approximate surface area is 149 Å². The van der Waals surface area contributed by atoms with Crippen LogP contribution < -0.4 is 11.1 Å². The molecule has 1 amide bonds. The van der Waals surface area contributed by atoms with Gasteiger partial charge < -0.3 is 11.1 Å². The summed E-state index contributed by atoms with van der Waals surface area (Å²) in [6, 6.07) is 20.8. The third-order valence-electron chi connectivity index (χ3n) is 3.97. The van der Waals surface area contributed by atoms with Crippen LogP contribution in [0, 0.1) is 0 Å². The van der Waals surface area contributed by atoms with Crippen LogP contribution in [0.5, 0.6) is 0 Å². The molecule has 0 fully saturated rings. The van der Waals surface area contributed by atoms with E-state index in [-0.39, 0.29) is 12.5 Å². The predicted octanol–water partition coefficient (Wildman–Crippen LogP) is 2.71. The molecule has 4 rings (SSSR count). The van der Waals surface area contributed by atoms with Crippen LogP contribution in [0.25, 0.3) is 22.2 Å². The second-order valence-corrected chi connectivity index (χ2v) is 5.84. The average Bonchev–Trinajstić information content (AvgIpc) is 3.11. The fourth-order valence-corrected chi connectivity index (χ4v) is 2.71. The van der Waals surface area contributed by atoms with Gasteiger partial charge in [-0.15, -0.1) is 10.2 Å². The largest absolute Gasteiger partial charge is 0.399 e. The van der Waals surface area contributed by atoms with Gasteiger partial charge in [0.05, 0.1) is 0 Å². The van der Waals surface area contributed by atoms with Crippen molar-refractivity contribution in [2.24, 2.45) is 0 Å². The van der Waals surface area contributed by atoms with E-state index in [2.05, 4.69) is 20.7 Å². The van der Waals surface area contributed by atoms with E-state index in [1.807, 2.05) is 54.6 Å². The molecule has 128 valence electrons. The summed E-state index contributed by atoms with van der Waals surface area (Å²) in [5, 5.41) is 17.1. The zero-order valence-corrected chi connectivity index (χ0v) is 13.8. The number of carbonyl (C=O) groups is 1. The molecular formula is C19H16N6O. The normalized spacial score (nSPS) is 10.8. The third-order valence-corrected chi connectivity index (χ3v) is 3.97. The maximum atomic E-state index is 12.4. The highest BCUT2D eigenvalue weighted by Gasteiger charge is 2.10. The molecule has 0 atom stereocenters. The van der Waals surface area contributed by atoms with E-state index in [4.69, 9.17) is 5.73 Å². The van der Waals surface area contributed by atoms with Gasteiger partial charge in [-0.3, -0.25) is 4.79 Å². The van der Waals surface area contributed by atoms with Gasteiger partial charge in [-0.2, -0.15) is 4.80 Å². The van der Waals surface area contributed by atoms with E-state index in [0.717, 1.165) is 22.0 Å². The third kappa shape index (κ3) is 3.23. The van der Waals surface area contributed by atoms with Crippen molar-refractivity contribution in [1.82, 2.24) is 20.2 Å². The first-order chi connectivity index (χ1) is 12.7. The van der Waals surface area contributed by atoms with Crippen LogP contribution in [0.2, 0.25) is 0 Å². The van der Waals surface area contributed by atoms with Crippen molar-refractivity contribution >= 4 is 28.1 Å². The van der Waals surface area contributed by atoms with Gasteiger partial charge in [0.1, 0.15) is 6.54 Å². The number of nitrogen functional groups attached to an aromatic ring is 1. The number of nitrogens with zero attached hydrogens (tertiary/aromatic N) is 4. The monoisotopic (exact) mass is 344 g/mol. The van der Waals surface area contributed by atoms with E-state index in [9.17, 15) is 4.79 Å². The van der Waals surface area contributed by atoms with Gasteiger partial charge in [-0.25, -0.2) is 0 Å². The lowest BCUT2D eigenvalue weighted by Crippen LogP contribution is -2.20. The van der Waals surface area contributed by atoms with Crippen LogP contribution in [0.4, 0.5) is 11.4 Å². The van der Waals surface area contributed by atoms with E-state index in [0.29, 0.717) is 11.5 Å². The number of rotatable bonds is 4. The number of hydrogen-bond donors (Lipinski definition) is 2. The Balaban J connectivity index is 1.49. The van der Waals surface area contributed by atoms with Crippen molar-refractivity contribution in [1.29, 1.82) is 0 Å². The summed E-state index contributed by atoms with van der Waals surface area (Å²) >= 11 is 0. The van der Waals surface area contributed by atoms with Crippen molar-refractivity contribution in [3.8, 4) is 11.4 Å². The number of fused-ring (bicyclic) bond motifs is 1. The molecule has 0 aliphatic rings. The lowest BCUT2D eigenvalue weighted by Gasteiger charge is -2.08. The lowest BCUT2D eigenvalue weighted by molar-refractivity contribution is -0.117. The van der Waals surface area contributed by atoms with Crippen molar-refractivity contribution in [3.05, 3.63) is 66.7 Å². The van der Waals surface area contributed by atoms with Crippen molar-refractivity contribution in [2.45, 2.75) is 6.54 Å². The Hall–Kier alpha value is -3.74. The van der Waals surface area contributed by atoms with Crippen LogP contribution in [0.15, 0.2) is 66.7 Å². The number of nitrogens with one attached hydrogen (secondary N) is 1. The molecule has 4 aromatic rings. The van der Waals surface area contributed by atoms with Crippen LogP contribution >= 0.6 is 0 Å². The number of anilines is 2. The lowest BCUT2D eigenvalue weighted by atomic mass is 10.1. The molecule has 26 heavy (non-hydrogen) atoms. The Morgan fingerprint density at radius 2 is 1.77 bits per heavy atom. The summed E-state index contributed by atoms with van der Waals surface area (Å²) in [6.45, 7) is -0.0226. The maximum Gasteiger partial charge on any atom is 0.248 e. The Kier molecular flexibility index (Phi) is 4.03. The quantitative estimate of drug-likeness (QED) is 0.555. The highest BCUT2D eigenvalue weighted by atomic mass is 16.2. The first-order valence-corrected chi connectivity index (χ1v) is 8.10. The number of amides is 1. The molecule has 0 saturated heterocycles. The fourth-order valence-electron chi connectivity index (χ4n) is 2.71. The van der Waals surface area contributed by atoms with Crippen molar-refractivity contribution in [2.75, 3.05) is 11.1 Å². The molecule has 0 unspecified atom stereocenters. The number of nitrogens with two attached hydrogens (primary N) is 1. The molecule has 0 bridgehead atoms. The van der Waals surface area contributed by atoms with E-state index in [1.54, 1.807) is 12.1 Å². The summed E-state index contributed by atoms with van der Waals surface area (Å²) < 4.78 is 0. The smallest absolute Gasteiger partial charge is 0.248 e. The number of tetrazole rings is 1. The highest BCUT2D eigenvalue weighted by Crippen LogP contribution is 2.23. The van der Waals surface area contributed by atoms with Crippen LogP contribution in [-0.2, 0) is 11.3 Å². The second-order valence-electron chi connectivity index (χ2n) is 5.84. The van der Waals surface area contributed by atoms with Gasteiger partial charge >= 0.3 is 0 Å². The zero-order chi connectivity index (χ0) is 17.9. The Bertz CT molecular complexity index is 1070. The SMILES string of the molecule is Nc1ccc(-c2nnn(CC(=O)Nc3cccc4ccccc34)n2)cc1. The molecule has 3 N–H and O–H groups in total. The molecule has 0 saturated carbocycles. The molecule has 7 heteroatoms. The van der Waals surface area contributed by atoms with Gasteiger partial charge in [-0.05, 0) is 40.9 Å². The van der Waals surface area contributed by atoms with E-state index in [1.165, 1.54) is 4.80 Å². The molecule has 1 aromatic heterocycles. The molecule has 0 spiro atoms. The van der Waals surface area contributed by atoms with Crippen LogP contribution in [-0.4, -0.2) is 26.1 Å². The molecule has 0 radical (unpaired) electrons. The maximum absolute atomic E-state index is 12.4. The van der Waals surface area contributed by atoms with Crippen LogP contribution in [0.3, 0.4) is 0 Å². The Morgan fingerprint density at radius 1 is 1.00 bits per heavy atom. The second kappa shape index (κ2) is 6.64. The average molecular weight is 344 g/mol. The standard InChI is InChI=1S/C19H16N6O/c20-15-10-8-14(9-11-15)19-22-24-25(23-19)12-18(26)21-17-7-3-5-13-4-1-2-6-16(13)17/h1-11H,12,20H2,(H,21,26). The number of hydrogen-bond acceptors (Lipinski definition) is 5. The molecule has 7 nitrogen and oxygen atoms in total. The minimum atomic E-state index is -0.220. The van der Waals surface area contributed by atoms with Gasteiger partial charge in [0.2, 0.25) is 11.7 Å². The van der Waals surface area contributed by atoms with Gasteiger partial charge in [0.25, 0.3) is 0 Å². The molecule has 0 aliphatic carbocycles. The summed E-state index contributed by atoms with van der Waals surface area (Å²) in [5.41, 5.74) is 7.88. The number of aromatic nitrogens is 4. The van der Waals surface area contributed by atoms with E-state index >= 15 is 0 Å². The van der Waals surface area contributed by atoms with Crippen molar-refractivity contribution in [3.63, 3.8) is 0 Å². The predicted molar refractivity (Wildman–Crippen MR) is 100 cm³/mol. The van der Waals surface area contributed by atoms with Crippen LogP contribution in [0.1, 0.15) is 0 Å². The summed E-state index contributed by atoms with van der Waals surface area (Å²) in [6.07, 6.45) is 0. The van der Waals surface area contributed by atoms with E-state index < -0.39 is 0 Å².